The zero-order valence-electron chi connectivity index (χ0n) is 24.3. The summed E-state index contributed by atoms with van der Waals surface area (Å²) in [5, 5.41) is 12.2. The maximum atomic E-state index is 13.4. The van der Waals surface area contributed by atoms with Crippen molar-refractivity contribution in [1.29, 1.82) is 0 Å². The van der Waals surface area contributed by atoms with E-state index in [-0.39, 0.29) is 40.5 Å². The molecule has 2 unspecified atom stereocenters. The molecule has 1 saturated heterocycles. The van der Waals surface area contributed by atoms with Gasteiger partial charge < -0.3 is 4.74 Å². The van der Waals surface area contributed by atoms with Gasteiger partial charge in [-0.3, -0.25) is 29.4 Å². The second kappa shape index (κ2) is 11.7. The molecule has 3 aromatic carbocycles. The second-order valence-electron chi connectivity index (χ2n) is 11.1. The highest BCUT2D eigenvalue weighted by molar-refractivity contribution is 6.32. The molecule has 1 fully saturated rings. The molecule has 0 radical (unpaired) electrons. The smallest absolute Gasteiger partial charge is 0.339 e. The van der Waals surface area contributed by atoms with Crippen molar-refractivity contribution in [3.05, 3.63) is 110 Å². The van der Waals surface area contributed by atoms with Gasteiger partial charge in [-0.2, -0.15) is 0 Å². The maximum Gasteiger partial charge on any atom is 0.339 e. The number of benzene rings is 3. The minimum atomic E-state index is -0.790. The summed E-state index contributed by atoms with van der Waals surface area (Å²) >= 11 is 6.38. The van der Waals surface area contributed by atoms with Crippen molar-refractivity contribution in [2.45, 2.75) is 26.7 Å². The number of fused-ring (bicyclic) bond motifs is 2. The summed E-state index contributed by atoms with van der Waals surface area (Å²) < 4.78 is 5.39. The normalized spacial score (nSPS) is 17.4. The summed E-state index contributed by atoms with van der Waals surface area (Å²) in [6.45, 7) is 2.70. The van der Waals surface area contributed by atoms with E-state index in [0.717, 1.165) is 6.07 Å². The Kier molecular flexibility index (Phi) is 7.76. The number of anilines is 1. The predicted octanol–water partition coefficient (Wildman–Crippen LogP) is 6.58. The van der Waals surface area contributed by atoms with Crippen LogP contribution in [0.5, 0.6) is 0 Å². The van der Waals surface area contributed by atoms with E-state index in [4.69, 9.17) is 21.3 Å². The number of aromatic nitrogens is 1. The number of ether oxygens (including phenoxy) is 1. The Morgan fingerprint density at radius 2 is 1.64 bits per heavy atom. The van der Waals surface area contributed by atoms with Gasteiger partial charge in [0.15, 0.2) is 6.61 Å². The molecule has 0 N–H and O–H groups in total. The molecule has 4 aromatic rings. The van der Waals surface area contributed by atoms with Crippen molar-refractivity contribution in [3.8, 4) is 11.3 Å². The van der Waals surface area contributed by atoms with Crippen molar-refractivity contribution in [3.63, 3.8) is 0 Å². The Balaban J connectivity index is 1.29. The van der Waals surface area contributed by atoms with Crippen LogP contribution in [-0.4, -0.2) is 40.1 Å². The summed E-state index contributed by atoms with van der Waals surface area (Å²) in [6, 6.07) is 15.7. The Labute approximate surface area is 262 Å². The van der Waals surface area contributed by atoms with E-state index < -0.39 is 23.3 Å². The number of carbonyl (C=O) groups excluding carboxylic acids is 4. The number of halogens is 1. The number of aryl methyl sites for hydroxylation is 2. The lowest BCUT2D eigenvalue weighted by Crippen LogP contribution is -2.30. The first-order valence-electron chi connectivity index (χ1n) is 14.2. The zero-order chi connectivity index (χ0) is 32.0. The minimum Gasteiger partial charge on any atom is -0.454 e. The average Bonchev–Trinajstić information content (AvgIpc) is 3.30. The predicted molar refractivity (Wildman–Crippen MR) is 167 cm³/mol. The average molecular weight is 624 g/mol. The lowest BCUT2D eigenvalue weighted by molar-refractivity contribution is -0.385. The van der Waals surface area contributed by atoms with Crippen molar-refractivity contribution >= 4 is 57.4 Å². The number of carbonyl (C=O) groups is 4. The Hall–Kier alpha value is -5.22. The standard InChI is InChI=1S/C34H26ClN3O7/c1-18-7-8-21(15-29(18)38(43)44)30(39)17-45-34(42)26-16-28(36-31-19(2)27(35)14-13-23(26)31)20-9-11-22(12-10-20)37-32(40)24-5-3-4-6-25(24)33(37)41/h3-4,7-16,24-25H,5-6,17H2,1-2H3. The van der Waals surface area contributed by atoms with E-state index in [9.17, 15) is 29.3 Å². The fourth-order valence-corrected chi connectivity index (χ4v) is 5.98. The zero-order valence-corrected chi connectivity index (χ0v) is 25.0. The molecule has 2 amide bonds. The Morgan fingerprint density at radius 3 is 2.29 bits per heavy atom. The van der Waals surface area contributed by atoms with Gasteiger partial charge in [-0.1, -0.05) is 54.1 Å². The highest BCUT2D eigenvalue weighted by Crippen LogP contribution is 2.38. The van der Waals surface area contributed by atoms with E-state index in [2.05, 4.69) is 0 Å². The largest absolute Gasteiger partial charge is 0.454 e. The van der Waals surface area contributed by atoms with Crippen LogP contribution in [0.25, 0.3) is 22.2 Å². The summed E-state index contributed by atoms with van der Waals surface area (Å²) in [5.41, 5.74) is 2.95. The van der Waals surface area contributed by atoms with Crippen LogP contribution < -0.4 is 4.90 Å². The van der Waals surface area contributed by atoms with Gasteiger partial charge in [0.05, 0.1) is 39.2 Å². The number of rotatable bonds is 7. The van der Waals surface area contributed by atoms with Gasteiger partial charge >= 0.3 is 5.97 Å². The molecule has 11 heteroatoms. The minimum absolute atomic E-state index is 0.0496. The molecule has 6 rings (SSSR count). The van der Waals surface area contributed by atoms with E-state index >= 15 is 0 Å². The highest BCUT2D eigenvalue weighted by atomic mass is 35.5. The number of Topliss-reactive ketones (excluding diaryl/α,β-unsaturated/α-hetero) is 1. The molecule has 1 aliphatic carbocycles. The van der Waals surface area contributed by atoms with Crippen LogP contribution in [0.4, 0.5) is 11.4 Å². The summed E-state index contributed by atoms with van der Waals surface area (Å²) in [4.78, 5) is 69.0. The molecular weight excluding hydrogens is 598 g/mol. The third-order valence-electron chi connectivity index (χ3n) is 8.38. The van der Waals surface area contributed by atoms with E-state index in [1.165, 1.54) is 17.0 Å². The van der Waals surface area contributed by atoms with Crippen LogP contribution in [0.3, 0.4) is 0 Å². The molecule has 1 aliphatic heterocycles. The number of allylic oxidation sites excluding steroid dienone is 2. The first-order chi connectivity index (χ1) is 21.5. The molecular formula is C34H26ClN3O7. The van der Waals surface area contributed by atoms with Crippen molar-refractivity contribution in [2.24, 2.45) is 11.8 Å². The number of pyridine rings is 1. The van der Waals surface area contributed by atoms with Crippen molar-refractivity contribution in [2.75, 3.05) is 11.5 Å². The SMILES string of the molecule is Cc1ccc(C(=O)COC(=O)c2cc(-c3ccc(N4C(=O)C5CC=CCC5C4=O)cc3)nc3c(C)c(Cl)ccc23)cc1[N+](=O)[O-]. The number of imide groups is 1. The first-order valence-corrected chi connectivity index (χ1v) is 14.6. The van der Waals surface area contributed by atoms with Gasteiger partial charge in [-0.25, -0.2) is 9.78 Å². The summed E-state index contributed by atoms with van der Waals surface area (Å²) in [7, 11) is 0. The number of esters is 1. The lowest BCUT2D eigenvalue weighted by Gasteiger charge is -2.16. The fourth-order valence-electron chi connectivity index (χ4n) is 5.83. The molecule has 0 saturated carbocycles. The number of nitrogens with zero attached hydrogens (tertiary/aromatic N) is 3. The topological polar surface area (TPSA) is 137 Å². The molecule has 1 aromatic heterocycles. The number of hydrogen-bond donors (Lipinski definition) is 0. The van der Waals surface area contributed by atoms with Gasteiger partial charge in [0, 0.05) is 33.2 Å². The quantitative estimate of drug-likeness (QED) is 0.0562. The number of amides is 2. The summed E-state index contributed by atoms with van der Waals surface area (Å²) in [6.07, 6.45) is 4.96. The second-order valence-corrected chi connectivity index (χ2v) is 11.5. The van der Waals surface area contributed by atoms with Crippen LogP contribution in [0.15, 0.2) is 72.8 Å². The summed E-state index contributed by atoms with van der Waals surface area (Å²) in [5.74, 6) is -2.51. The van der Waals surface area contributed by atoms with Crippen molar-refractivity contribution < 1.29 is 28.8 Å². The van der Waals surface area contributed by atoms with E-state index in [1.54, 1.807) is 56.3 Å². The third-order valence-corrected chi connectivity index (χ3v) is 8.79. The first kappa shape index (κ1) is 29.8. The van der Waals surface area contributed by atoms with Crippen LogP contribution in [-0.2, 0) is 14.3 Å². The van der Waals surface area contributed by atoms with Crippen LogP contribution >= 0.6 is 11.6 Å². The van der Waals surface area contributed by atoms with E-state index in [0.29, 0.717) is 56.8 Å². The van der Waals surface area contributed by atoms with Gasteiger partial charge in [-0.15, -0.1) is 0 Å². The van der Waals surface area contributed by atoms with Crippen LogP contribution in [0, 0.1) is 35.8 Å². The van der Waals surface area contributed by atoms with Gasteiger partial charge in [0.25, 0.3) is 5.69 Å². The Bertz CT molecular complexity index is 1940. The molecule has 226 valence electrons. The third kappa shape index (κ3) is 5.38. The molecule has 2 heterocycles. The van der Waals surface area contributed by atoms with Gasteiger partial charge in [0.1, 0.15) is 0 Å². The van der Waals surface area contributed by atoms with E-state index in [1.807, 2.05) is 12.2 Å². The molecule has 10 nitrogen and oxygen atoms in total. The number of hydrogen-bond acceptors (Lipinski definition) is 8. The fraction of sp³-hybridized carbons (Fsp3) is 0.206. The number of nitro groups is 1. The lowest BCUT2D eigenvalue weighted by atomic mass is 9.85. The molecule has 0 bridgehead atoms. The molecule has 45 heavy (non-hydrogen) atoms. The monoisotopic (exact) mass is 623 g/mol. The maximum absolute atomic E-state index is 13.4. The van der Waals surface area contributed by atoms with Gasteiger partial charge in [-0.05, 0) is 56.5 Å². The number of ketones is 1. The van der Waals surface area contributed by atoms with Crippen molar-refractivity contribution in [1.82, 2.24) is 4.98 Å². The molecule has 2 aliphatic rings. The molecule has 0 spiro atoms. The highest BCUT2D eigenvalue weighted by Gasteiger charge is 2.47. The van der Waals surface area contributed by atoms with Gasteiger partial charge in [0.2, 0.25) is 17.6 Å². The molecule has 2 atom stereocenters. The number of nitro benzene ring substituents is 1. The Morgan fingerprint density at radius 1 is 0.978 bits per heavy atom. The van der Waals surface area contributed by atoms with Crippen LogP contribution in [0.1, 0.15) is 44.7 Å². The van der Waals surface area contributed by atoms with Crippen LogP contribution in [0.2, 0.25) is 5.02 Å².